The van der Waals surface area contributed by atoms with Crippen LogP contribution in [0, 0.1) is 0 Å². The van der Waals surface area contributed by atoms with E-state index in [-0.39, 0.29) is 0 Å². The Hall–Kier alpha value is -1.59. The van der Waals surface area contributed by atoms with Crippen molar-refractivity contribution in [2.45, 2.75) is 77.5 Å². The standard InChI is InChI=1S/C21H36N2O3/c1-5-6-7-11-14-22-16-19(24)18(15-17-12-9-8-10-13-17)23-20(25)26-21(2,3)4/h8-10,12-13,18-19,22,24H,5-7,11,14-16H2,1-4H3,(H,23,25)/t18-,19-/m0/s1. The molecule has 1 rings (SSSR count). The highest BCUT2D eigenvalue weighted by Gasteiger charge is 2.24. The molecule has 5 nitrogen and oxygen atoms in total. The highest BCUT2D eigenvalue weighted by atomic mass is 16.6. The van der Waals surface area contributed by atoms with Gasteiger partial charge in [-0.05, 0) is 45.7 Å². The molecule has 1 aromatic rings. The molecule has 0 fully saturated rings. The third-order valence-corrected chi connectivity index (χ3v) is 4.03. The van der Waals surface area contributed by atoms with Gasteiger partial charge >= 0.3 is 6.09 Å². The summed E-state index contributed by atoms with van der Waals surface area (Å²) in [6.45, 7) is 8.99. The molecule has 1 aromatic carbocycles. The van der Waals surface area contributed by atoms with Gasteiger partial charge in [0.05, 0.1) is 12.1 Å². The first-order valence-corrected chi connectivity index (χ1v) is 9.74. The van der Waals surface area contributed by atoms with Crippen LogP contribution in [-0.4, -0.2) is 42.0 Å². The predicted octanol–water partition coefficient (Wildman–Crippen LogP) is 3.65. The minimum Gasteiger partial charge on any atom is -0.444 e. The van der Waals surface area contributed by atoms with Crippen molar-refractivity contribution in [3.8, 4) is 0 Å². The number of hydrogen-bond acceptors (Lipinski definition) is 4. The molecule has 0 unspecified atom stereocenters. The Kier molecular flexibility index (Phi) is 10.3. The number of alkyl carbamates (subject to hydrolysis) is 1. The van der Waals surface area contributed by atoms with Gasteiger partial charge < -0.3 is 20.5 Å². The summed E-state index contributed by atoms with van der Waals surface area (Å²) >= 11 is 0. The zero-order chi connectivity index (χ0) is 19.4. The zero-order valence-corrected chi connectivity index (χ0v) is 16.8. The molecule has 0 radical (unpaired) electrons. The Morgan fingerprint density at radius 1 is 1.15 bits per heavy atom. The molecule has 0 bridgehead atoms. The lowest BCUT2D eigenvalue weighted by Crippen LogP contribution is -2.50. The van der Waals surface area contributed by atoms with Crippen LogP contribution in [0.2, 0.25) is 0 Å². The van der Waals surface area contributed by atoms with Gasteiger partial charge in [0.25, 0.3) is 0 Å². The number of carbonyl (C=O) groups excluding carboxylic acids is 1. The number of hydrogen-bond donors (Lipinski definition) is 3. The fraction of sp³-hybridized carbons (Fsp3) is 0.667. The lowest BCUT2D eigenvalue weighted by atomic mass is 10.0. The smallest absolute Gasteiger partial charge is 0.407 e. The van der Waals surface area contributed by atoms with Crippen molar-refractivity contribution < 1.29 is 14.6 Å². The van der Waals surface area contributed by atoms with E-state index in [9.17, 15) is 9.90 Å². The first kappa shape index (κ1) is 22.5. The van der Waals surface area contributed by atoms with Crippen molar-refractivity contribution in [2.24, 2.45) is 0 Å². The van der Waals surface area contributed by atoms with E-state index >= 15 is 0 Å². The SMILES string of the molecule is CCCCCCNC[C@H](O)[C@H](Cc1ccccc1)NC(=O)OC(C)(C)C. The predicted molar refractivity (Wildman–Crippen MR) is 106 cm³/mol. The van der Waals surface area contributed by atoms with E-state index in [0.29, 0.717) is 13.0 Å². The number of carbonyl (C=O) groups is 1. The molecule has 26 heavy (non-hydrogen) atoms. The van der Waals surface area contributed by atoms with Crippen molar-refractivity contribution >= 4 is 6.09 Å². The largest absolute Gasteiger partial charge is 0.444 e. The maximum atomic E-state index is 12.1. The molecule has 0 aliphatic heterocycles. The van der Waals surface area contributed by atoms with Crippen molar-refractivity contribution in [1.82, 2.24) is 10.6 Å². The summed E-state index contributed by atoms with van der Waals surface area (Å²) in [7, 11) is 0. The Morgan fingerprint density at radius 3 is 2.46 bits per heavy atom. The molecule has 1 amide bonds. The van der Waals surface area contributed by atoms with Crippen molar-refractivity contribution in [1.29, 1.82) is 0 Å². The Morgan fingerprint density at radius 2 is 1.85 bits per heavy atom. The van der Waals surface area contributed by atoms with Crippen molar-refractivity contribution in [2.75, 3.05) is 13.1 Å². The van der Waals surface area contributed by atoms with Crippen LogP contribution in [0.3, 0.4) is 0 Å². The average Bonchev–Trinajstić information content (AvgIpc) is 2.56. The molecule has 2 atom stereocenters. The molecule has 0 saturated carbocycles. The van der Waals surface area contributed by atoms with E-state index in [2.05, 4.69) is 17.6 Å². The van der Waals surface area contributed by atoms with E-state index in [1.54, 1.807) is 0 Å². The second kappa shape index (κ2) is 11.9. The number of aliphatic hydroxyl groups excluding tert-OH is 1. The summed E-state index contributed by atoms with van der Waals surface area (Å²) in [5, 5.41) is 16.7. The van der Waals surface area contributed by atoms with Crippen LogP contribution in [0.4, 0.5) is 4.79 Å². The van der Waals surface area contributed by atoms with Gasteiger partial charge in [-0.15, -0.1) is 0 Å². The minimum atomic E-state index is -0.686. The molecule has 148 valence electrons. The van der Waals surface area contributed by atoms with Crippen LogP contribution >= 0.6 is 0 Å². The van der Waals surface area contributed by atoms with E-state index in [4.69, 9.17) is 4.74 Å². The number of unbranched alkanes of at least 4 members (excludes halogenated alkanes) is 3. The van der Waals surface area contributed by atoms with Crippen molar-refractivity contribution in [3.05, 3.63) is 35.9 Å². The number of ether oxygens (including phenoxy) is 1. The van der Waals surface area contributed by atoms with Crippen LogP contribution in [0.25, 0.3) is 0 Å². The van der Waals surface area contributed by atoms with Crippen LogP contribution in [-0.2, 0) is 11.2 Å². The fourth-order valence-corrected chi connectivity index (χ4v) is 2.68. The van der Waals surface area contributed by atoms with Gasteiger partial charge in [-0.1, -0.05) is 56.5 Å². The molecule has 0 aliphatic rings. The van der Waals surface area contributed by atoms with Crippen LogP contribution in [0.5, 0.6) is 0 Å². The number of rotatable bonds is 11. The second-order valence-electron chi connectivity index (χ2n) is 7.77. The van der Waals surface area contributed by atoms with Crippen LogP contribution in [0.15, 0.2) is 30.3 Å². The van der Waals surface area contributed by atoms with E-state index < -0.39 is 23.8 Å². The quantitative estimate of drug-likeness (QED) is 0.524. The lowest BCUT2D eigenvalue weighted by molar-refractivity contribution is 0.0422. The Labute approximate surface area is 158 Å². The number of benzene rings is 1. The fourth-order valence-electron chi connectivity index (χ4n) is 2.68. The maximum Gasteiger partial charge on any atom is 0.407 e. The molecule has 0 saturated heterocycles. The summed E-state index contributed by atoms with van der Waals surface area (Å²) < 4.78 is 5.34. The van der Waals surface area contributed by atoms with E-state index in [0.717, 1.165) is 18.5 Å². The summed E-state index contributed by atoms with van der Waals surface area (Å²) in [5.74, 6) is 0. The molecule has 0 aliphatic carbocycles. The van der Waals surface area contributed by atoms with Crippen LogP contribution in [0.1, 0.15) is 58.9 Å². The summed E-state index contributed by atoms with van der Waals surface area (Å²) in [6.07, 6.45) is 4.11. The normalized spacial score (nSPS) is 13.9. The molecule has 0 heterocycles. The molecular weight excluding hydrogens is 328 g/mol. The first-order valence-electron chi connectivity index (χ1n) is 9.74. The van der Waals surface area contributed by atoms with Crippen molar-refractivity contribution in [3.63, 3.8) is 0 Å². The minimum absolute atomic E-state index is 0.407. The molecule has 5 heteroatoms. The maximum absolute atomic E-state index is 12.1. The molecule has 0 spiro atoms. The van der Waals surface area contributed by atoms with Gasteiger partial charge in [-0.3, -0.25) is 0 Å². The zero-order valence-electron chi connectivity index (χ0n) is 16.8. The van der Waals surface area contributed by atoms with Gasteiger partial charge in [-0.25, -0.2) is 4.79 Å². The van der Waals surface area contributed by atoms with Gasteiger partial charge in [0.1, 0.15) is 5.60 Å². The van der Waals surface area contributed by atoms with Crippen LogP contribution < -0.4 is 10.6 Å². The summed E-state index contributed by atoms with van der Waals surface area (Å²) in [6, 6.07) is 9.45. The Bertz CT molecular complexity index is 500. The van der Waals surface area contributed by atoms with E-state index in [1.165, 1.54) is 19.3 Å². The topological polar surface area (TPSA) is 70.6 Å². The third-order valence-electron chi connectivity index (χ3n) is 4.03. The summed E-state index contributed by atoms with van der Waals surface area (Å²) in [4.78, 5) is 12.1. The number of aliphatic hydroxyl groups is 1. The first-order chi connectivity index (χ1) is 12.3. The highest BCUT2D eigenvalue weighted by Crippen LogP contribution is 2.10. The van der Waals surface area contributed by atoms with Gasteiger partial charge in [0, 0.05) is 6.54 Å². The second-order valence-corrected chi connectivity index (χ2v) is 7.77. The van der Waals surface area contributed by atoms with Gasteiger partial charge in [0.2, 0.25) is 0 Å². The van der Waals surface area contributed by atoms with E-state index in [1.807, 2.05) is 51.1 Å². The lowest BCUT2D eigenvalue weighted by Gasteiger charge is -2.27. The highest BCUT2D eigenvalue weighted by molar-refractivity contribution is 5.68. The molecule has 0 aromatic heterocycles. The third kappa shape index (κ3) is 10.4. The summed E-state index contributed by atoms with van der Waals surface area (Å²) in [5.41, 5.74) is 0.500. The van der Waals surface area contributed by atoms with Gasteiger partial charge in [-0.2, -0.15) is 0 Å². The molecule has 3 N–H and O–H groups in total. The molecular formula is C21H36N2O3. The van der Waals surface area contributed by atoms with Gasteiger partial charge in [0.15, 0.2) is 0 Å². The Balaban J connectivity index is 2.57. The number of amides is 1. The monoisotopic (exact) mass is 364 g/mol. The number of nitrogens with one attached hydrogen (secondary N) is 2. The average molecular weight is 365 g/mol.